The highest BCUT2D eigenvalue weighted by Gasteiger charge is 2.13. The van der Waals surface area contributed by atoms with E-state index < -0.39 is 0 Å². The molecule has 0 aliphatic carbocycles. The van der Waals surface area contributed by atoms with E-state index in [1.807, 2.05) is 44.2 Å². The van der Waals surface area contributed by atoms with E-state index in [1.165, 1.54) is 11.3 Å². The van der Waals surface area contributed by atoms with Gasteiger partial charge in [0.2, 0.25) is 5.88 Å². The van der Waals surface area contributed by atoms with E-state index in [2.05, 4.69) is 25.6 Å². The Hall–Kier alpha value is -3.33. The van der Waals surface area contributed by atoms with Crippen LogP contribution in [0.2, 0.25) is 0 Å². The van der Waals surface area contributed by atoms with Gasteiger partial charge in [0.25, 0.3) is 5.91 Å². The van der Waals surface area contributed by atoms with Crippen LogP contribution < -0.4 is 10.1 Å². The molecule has 142 valence electrons. The Bertz CT molecular complexity index is 1120. The molecule has 8 nitrogen and oxygen atoms in total. The third-order valence-electron chi connectivity index (χ3n) is 4.02. The number of fused-ring (bicyclic) bond motifs is 1. The lowest BCUT2D eigenvalue weighted by Gasteiger charge is -2.07. The smallest absolute Gasteiger partial charge is 0.263 e. The summed E-state index contributed by atoms with van der Waals surface area (Å²) in [5.41, 5.74) is 2.30. The van der Waals surface area contributed by atoms with Crippen LogP contribution in [0.4, 0.5) is 0 Å². The van der Waals surface area contributed by atoms with Crippen molar-refractivity contribution in [3.63, 3.8) is 0 Å². The van der Waals surface area contributed by atoms with Gasteiger partial charge in [-0.2, -0.15) is 4.52 Å². The molecule has 0 aliphatic rings. The summed E-state index contributed by atoms with van der Waals surface area (Å²) in [4.78, 5) is 17.1. The molecule has 4 aromatic rings. The summed E-state index contributed by atoms with van der Waals surface area (Å²) in [6.07, 6.45) is 0. The maximum atomic E-state index is 12.2. The molecule has 0 radical (unpaired) electrons. The van der Waals surface area contributed by atoms with Gasteiger partial charge in [-0.05, 0) is 19.9 Å². The predicted molar refractivity (Wildman–Crippen MR) is 106 cm³/mol. The summed E-state index contributed by atoms with van der Waals surface area (Å²) in [7, 11) is 0. The van der Waals surface area contributed by atoms with Crippen LogP contribution in [0.15, 0.2) is 42.5 Å². The number of thiazole rings is 1. The van der Waals surface area contributed by atoms with Gasteiger partial charge in [0, 0.05) is 11.6 Å². The molecule has 3 aromatic heterocycles. The number of amides is 1. The van der Waals surface area contributed by atoms with Crippen molar-refractivity contribution in [1.82, 2.24) is 30.1 Å². The molecule has 0 bridgehead atoms. The Morgan fingerprint density at radius 1 is 1.14 bits per heavy atom. The maximum Gasteiger partial charge on any atom is 0.263 e. The fraction of sp³-hybridized carbons (Fsp3) is 0.211. The molecule has 0 saturated heterocycles. The number of nitrogens with zero attached hydrogens (tertiary/aromatic N) is 5. The van der Waals surface area contributed by atoms with Crippen LogP contribution in [0.3, 0.4) is 0 Å². The highest BCUT2D eigenvalue weighted by atomic mass is 32.1. The second-order valence-electron chi connectivity index (χ2n) is 6.08. The molecule has 0 spiro atoms. The molecule has 9 heteroatoms. The number of carbonyl (C=O) groups is 1. The van der Waals surface area contributed by atoms with Gasteiger partial charge < -0.3 is 10.1 Å². The zero-order valence-corrected chi connectivity index (χ0v) is 16.2. The van der Waals surface area contributed by atoms with Gasteiger partial charge in [-0.1, -0.05) is 30.3 Å². The van der Waals surface area contributed by atoms with Gasteiger partial charge >= 0.3 is 0 Å². The normalized spacial score (nSPS) is 10.9. The molecule has 0 aliphatic heterocycles. The van der Waals surface area contributed by atoms with Crippen molar-refractivity contribution in [2.45, 2.75) is 13.8 Å². The van der Waals surface area contributed by atoms with Gasteiger partial charge in [-0.25, -0.2) is 4.98 Å². The van der Waals surface area contributed by atoms with Crippen LogP contribution in [0.1, 0.15) is 20.4 Å². The van der Waals surface area contributed by atoms with Crippen molar-refractivity contribution in [3.8, 4) is 17.3 Å². The lowest BCUT2D eigenvalue weighted by Crippen LogP contribution is -2.28. The summed E-state index contributed by atoms with van der Waals surface area (Å²) >= 11 is 1.39. The fourth-order valence-electron chi connectivity index (χ4n) is 2.76. The summed E-state index contributed by atoms with van der Waals surface area (Å²) < 4.78 is 7.33. The van der Waals surface area contributed by atoms with E-state index in [1.54, 1.807) is 16.6 Å². The average Bonchev–Trinajstić information content (AvgIpc) is 3.28. The monoisotopic (exact) mass is 394 g/mol. The Balaban J connectivity index is 1.40. The number of rotatable bonds is 6. The van der Waals surface area contributed by atoms with Gasteiger partial charge in [0.1, 0.15) is 11.5 Å². The van der Waals surface area contributed by atoms with E-state index in [0.717, 1.165) is 16.3 Å². The van der Waals surface area contributed by atoms with Gasteiger partial charge in [-0.3, -0.25) is 4.79 Å². The van der Waals surface area contributed by atoms with Crippen LogP contribution in [-0.2, 0) is 0 Å². The van der Waals surface area contributed by atoms with Gasteiger partial charge in [0.05, 0.1) is 17.2 Å². The zero-order valence-electron chi connectivity index (χ0n) is 15.4. The number of aryl methyl sites for hydroxylation is 2. The molecule has 1 amide bonds. The van der Waals surface area contributed by atoms with Crippen molar-refractivity contribution in [2.24, 2.45) is 0 Å². The van der Waals surface area contributed by atoms with Crippen molar-refractivity contribution in [2.75, 3.05) is 13.2 Å². The SMILES string of the molecule is Cc1nc(C)c(C(=O)NCCOc2ccc3nnc(-c4ccccc4)n3n2)s1. The quantitative estimate of drug-likeness (QED) is 0.505. The first-order chi connectivity index (χ1) is 13.6. The van der Waals surface area contributed by atoms with Crippen molar-refractivity contribution in [1.29, 1.82) is 0 Å². The molecular weight excluding hydrogens is 376 g/mol. The Morgan fingerprint density at radius 2 is 1.96 bits per heavy atom. The molecule has 0 saturated carbocycles. The van der Waals surface area contributed by atoms with Crippen LogP contribution in [0, 0.1) is 13.8 Å². The lowest BCUT2D eigenvalue weighted by atomic mass is 10.2. The van der Waals surface area contributed by atoms with E-state index in [0.29, 0.717) is 35.4 Å². The molecule has 1 aromatic carbocycles. The van der Waals surface area contributed by atoms with E-state index >= 15 is 0 Å². The molecule has 4 rings (SSSR count). The second-order valence-corrected chi connectivity index (χ2v) is 7.29. The first kappa shape index (κ1) is 18.1. The Kier molecular flexibility index (Phi) is 4.98. The van der Waals surface area contributed by atoms with Crippen LogP contribution in [0.5, 0.6) is 5.88 Å². The number of hydrogen-bond acceptors (Lipinski definition) is 7. The molecule has 0 fully saturated rings. The number of benzene rings is 1. The Labute approximate surface area is 165 Å². The van der Waals surface area contributed by atoms with Crippen molar-refractivity contribution >= 4 is 22.9 Å². The molecule has 3 heterocycles. The van der Waals surface area contributed by atoms with Gasteiger partial charge in [-0.15, -0.1) is 26.6 Å². The molecule has 1 N–H and O–H groups in total. The highest BCUT2D eigenvalue weighted by molar-refractivity contribution is 7.13. The first-order valence-corrected chi connectivity index (χ1v) is 9.56. The minimum atomic E-state index is -0.139. The van der Waals surface area contributed by atoms with Crippen LogP contribution in [-0.4, -0.2) is 43.9 Å². The number of aromatic nitrogens is 5. The van der Waals surface area contributed by atoms with Crippen molar-refractivity contribution < 1.29 is 9.53 Å². The predicted octanol–water partition coefficient (Wildman–Crippen LogP) is 2.67. The molecular formula is C19H18N6O2S. The molecule has 0 atom stereocenters. The van der Waals surface area contributed by atoms with E-state index in [9.17, 15) is 4.79 Å². The number of hydrogen-bond donors (Lipinski definition) is 1. The first-order valence-electron chi connectivity index (χ1n) is 8.75. The summed E-state index contributed by atoms with van der Waals surface area (Å²) in [6.45, 7) is 4.37. The van der Waals surface area contributed by atoms with E-state index in [-0.39, 0.29) is 5.91 Å². The van der Waals surface area contributed by atoms with Crippen molar-refractivity contribution in [3.05, 3.63) is 58.0 Å². The number of ether oxygens (including phenoxy) is 1. The van der Waals surface area contributed by atoms with Crippen LogP contribution >= 0.6 is 11.3 Å². The summed E-state index contributed by atoms with van der Waals surface area (Å²) in [6, 6.07) is 13.2. The standard InChI is InChI=1S/C19H18N6O2S/c1-12-17(28-13(2)21-12)19(26)20-10-11-27-16-9-8-15-22-23-18(25(15)24-16)14-6-4-3-5-7-14/h3-9H,10-11H2,1-2H3,(H,20,26). The maximum absolute atomic E-state index is 12.2. The highest BCUT2D eigenvalue weighted by Crippen LogP contribution is 2.19. The summed E-state index contributed by atoms with van der Waals surface area (Å²) in [5.74, 6) is 0.939. The second kappa shape index (κ2) is 7.73. The largest absolute Gasteiger partial charge is 0.475 e. The lowest BCUT2D eigenvalue weighted by molar-refractivity contribution is 0.0949. The number of nitrogens with one attached hydrogen (secondary N) is 1. The Morgan fingerprint density at radius 3 is 2.71 bits per heavy atom. The minimum Gasteiger partial charge on any atom is -0.475 e. The topological polar surface area (TPSA) is 94.3 Å². The van der Waals surface area contributed by atoms with Gasteiger partial charge in [0.15, 0.2) is 11.5 Å². The summed E-state index contributed by atoms with van der Waals surface area (Å²) in [5, 5.41) is 16.5. The minimum absolute atomic E-state index is 0.139. The third kappa shape index (κ3) is 3.70. The fourth-order valence-corrected chi connectivity index (χ4v) is 3.59. The zero-order chi connectivity index (χ0) is 19.5. The third-order valence-corrected chi connectivity index (χ3v) is 5.09. The molecule has 0 unspecified atom stereocenters. The van der Waals surface area contributed by atoms with Crippen LogP contribution in [0.25, 0.3) is 17.0 Å². The molecule has 28 heavy (non-hydrogen) atoms. The van der Waals surface area contributed by atoms with E-state index in [4.69, 9.17) is 4.74 Å². The average molecular weight is 394 g/mol. The number of carbonyl (C=O) groups excluding carboxylic acids is 1.